The van der Waals surface area contributed by atoms with Gasteiger partial charge >= 0.3 is 6.09 Å². The quantitative estimate of drug-likeness (QED) is 0.535. The van der Waals surface area contributed by atoms with Crippen LogP contribution in [0.1, 0.15) is 37.0 Å². The number of aryl methyl sites for hydroxylation is 1. The van der Waals surface area contributed by atoms with Gasteiger partial charge in [-0.25, -0.2) is 9.78 Å². The minimum Gasteiger partial charge on any atom is -0.444 e. The molecule has 1 aromatic heterocycles. The van der Waals surface area contributed by atoms with Crippen LogP contribution < -0.4 is 10.6 Å². The Labute approximate surface area is 150 Å². The number of hydrogen-bond donors (Lipinski definition) is 2. The van der Waals surface area contributed by atoms with E-state index in [0.717, 1.165) is 17.2 Å². The molecule has 0 aliphatic heterocycles. The van der Waals surface area contributed by atoms with E-state index >= 15 is 0 Å². The molecule has 24 heavy (non-hydrogen) atoms. The average molecular weight is 373 g/mol. The third kappa shape index (κ3) is 9.61. The molecule has 0 aromatic carbocycles. The van der Waals surface area contributed by atoms with Crippen LogP contribution in [0.3, 0.4) is 0 Å². The number of carbonyl (C=O) groups is 2. The summed E-state index contributed by atoms with van der Waals surface area (Å²) in [6, 6.07) is 0. The maximum absolute atomic E-state index is 11.8. The van der Waals surface area contributed by atoms with E-state index in [4.69, 9.17) is 4.74 Å². The average Bonchev–Trinajstić information content (AvgIpc) is 2.48. The van der Waals surface area contributed by atoms with Crippen molar-refractivity contribution in [2.24, 2.45) is 0 Å². The van der Waals surface area contributed by atoms with Crippen molar-refractivity contribution in [3.8, 4) is 0 Å². The molecule has 0 saturated heterocycles. The molecule has 1 rings (SSSR count). The van der Waals surface area contributed by atoms with Gasteiger partial charge in [0.2, 0.25) is 0 Å². The molecule has 9 heteroatoms. The van der Waals surface area contributed by atoms with Gasteiger partial charge in [-0.15, -0.1) is 0 Å². The number of alkyl carbamates (subject to hydrolysis) is 1. The van der Waals surface area contributed by atoms with Crippen molar-refractivity contribution in [1.82, 2.24) is 20.6 Å². The molecule has 2 amide bonds. The largest absolute Gasteiger partial charge is 0.444 e. The Hall–Kier alpha value is -1.48. The van der Waals surface area contributed by atoms with Crippen LogP contribution in [0, 0.1) is 6.92 Å². The highest BCUT2D eigenvalue weighted by molar-refractivity contribution is 8.76. The molecular weight excluding hydrogens is 348 g/mol. The fourth-order valence-corrected chi connectivity index (χ4v) is 3.25. The van der Waals surface area contributed by atoms with E-state index in [1.807, 2.05) is 27.7 Å². The summed E-state index contributed by atoms with van der Waals surface area (Å²) in [4.78, 5) is 31.3. The van der Waals surface area contributed by atoms with Gasteiger partial charge in [-0.1, -0.05) is 21.6 Å². The second kappa shape index (κ2) is 10.4. The van der Waals surface area contributed by atoms with Gasteiger partial charge in [-0.05, 0) is 27.7 Å². The van der Waals surface area contributed by atoms with Crippen LogP contribution in [0.2, 0.25) is 0 Å². The normalized spacial score (nSPS) is 11.0. The summed E-state index contributed by atoms with van der Waals surface area (Å²) in [5.74, 6) is 1.31. The van der Waals surface area contributed by atoms with E-state index in [1.54, 1.807) is 27.8 Å². The number of amides is 2. The lowest BCUT2D eigenvalue weighted by Gasteiger charge is -2.19. The van der Waals surface area contributed by atoms with E-state index in [9.17, 15) is 9.59 Å². The van der Waals surface area contributed by atoms with Crippen molar-refractivity contribution in [2.45, 2.75) is 33.3 Å². The van der Waals surface area contributed by atoms with Gasteiger partial charge in [-0.3, -0.25) is 9.78 Å². The van der Waals surface area contributed by atoms with Gasteiger partial charge in [-0.2, -0.15) is 0 Å². The molecule has 0 aliphatic carbocycles. The predicted octanol–water partition coefficient (Wildman–Crippen LogP) is 2.42. The zero-order chi connectivity index (χ0) is 18.0. The number of ether oxygens (including phenoxy) is 1. The molecule has 2 N–H and O–H groups in total. The van der Waals surface area contributed by atoms with Crippen molar-refractivity contribution in [3.05, 3.63) is 23.8 Å². The lowest BCUT2D eigenvalue weighted by molar-refractivity contribution is 0.0531. The molecule has 0 spiro atoms. The number of carbonyl (C=O) groups excluding carboxylic acids is 2. The fourth-order valence-electron chi connectivity index (χ4n) is 1.43. The Morgan fingerprint density at radius 3 is 2.25 bits per heavy atom. The second-order valence-corrected chi connectivity index (χ2v) is 8.57. The topological polar surface area (TPSA) is 93.2 Å². The van der Waals surface area contributed by atoms with E-state index in [2.05, 4.69) is 20.6 Å². The van der Waals surface area contributed by atoms with Gasteiger partial charge in [0.05, 0.1) is 11.9 Å². The number of aromatic nitrogens is 2. The molecule has 134 valence electrons. The molecule has 0 radical (unpaired) electrons. The maximum atomic E-state index is 11.8. The minimum absolute atomic E-state index is 0.223. The summed E-state index contributed by atoms with van der Waals surface area (Å²) in [5, 5.41) is 5.48. The van der Waals surface area contributed by atoms with Crippen molar-refractivity contribution in [1.29, 1.82) is 0 Å². The number of rotatable bonds is 8. The highest BCUT2D eigenvalue weighted by atomic mass is 33.1. The standard InChI is InChI=1S/C15H24N4O3S2/c1-11-9-19-12(10-18-11)13(20)16-5-7-23-24-8-6-17-14(21)22-15(2,3)4/h9-10H,5-8H2,1-4H3,(H,16,20)(H,17,21). The third-order valence-corrected chi connectivity index (χ3v) is 4.83. The summed E-state index contributed by atoms with van der Waals surface area (Å²) in [6.07, 6.45) is 2.63. The van der Waals surface area contributed by atoms with E-state index in [1.165, 1.54) is 6.20 Å². The van der Waals surface area contributed by atoms with Crippen LogP contribution in [-0.4, -0.2) is 52.2 Å². The second-order valence-electron chi connectivity index (χ2n) is 5.87. The Morgan fingerprint density at radius 2 is 1.71 bits per heavy atom. The summed E-state index contributed by atoms with van der Waals surface area (Å²) in [7, 11) is 3.26. The van der Waals surface area contributed by atoms with Gasteiger partial charge in [0, 0.05) is 30.8 Å². The van der Waals surface area contributed by atoms with E-state index < -0.39 is 11.7 Å². The molecule has 0 unspecified atom stereocenters. The summed E-state index contributed by atoms with van der Waals surface area (Å²) in [6.45, 7) is 8.39. The van der Waals surface area contributed by atoms with Crippen LogP contribution in [0.25, 0.3) is 0 Å². The van der Waals surface area contributed by atoms with Crippen molar-refractivity contribution < 1.29 is 14.3 Å². The van der Waals surface area contributed by atoms with Gasteiger partial charge in [0.15, 0.2) is 0 Å². The molecule has 0 fully saturated rings. The zero-order valence-electron chi connectivity index (χ0n) is 14.4. The highest BCUT2D eigenvalue weighted by Crippen LogP contribution is 2.19. The van der Waals surface area contributed by atoms with Crippen LogP contribution in [0.4, 0.5) is 4.79 Å². The number of nitrogens with one attached hydrogen (secondary N) is 2. The maximum Gasteiger partial charge on any atom is 0.407 e. The van der Waals surface area contributed by atoms with Crippen LogP contribution in [0.5, 0.6) is 0 Å². The van der Waals surface area contributed by atoms with Gasteiger partial charge in [0.1, 0.15) is 11.3 Å². The fraction of sp³-hybridized carbons (Fsp3) is 0.600. The van der Waals surface area contributed by atoms with Crippen LogP contribution in [0.15, 0.2) is 12.4 Å². The first kappa shape index (κ1) is 20.6. The Morgan fingerprint density at radius 1 is 1.08 bits per heavy atom. The Bertz CT molecular complexity index is 533. The smallest absolute Gasteiger partial charge is 0.407 e. The van der Waals surface area contributed by atoms with Crippen molar-refractivity contribution in [2.75, 3.05) is 24.6 Å². The number of nitrogens with zero attached hydrogens (tertiary/aromatic N) is 2. The molecule has 1 aromatic rings. The first-order valence-corrected chi connectivity index (χ1v) is 10.0. The lowest BCUT2D eigenvalue weighted by atomic mass is 10.2. The Balaban J connectivity index is 2.01. The molecule has 1 heterocycles. The first-order valence-electron chi connectivity index (χ1n) is 7.56. The van der Waals surface area contributed by atoms with E-state index in [-0.39, 0.29) is 5.91 Å². The Kier molecular flexibility index (Phi) is 8.91. The van der Waals surface area contributed by atoms with Gasteiger partial charge in [0.25, 0.3) is 5.91 Å². The molecule has 0 saturated carbocycles. The highest BCUT2D eigenvalue weighted by Gasteiger charge is 2.15. The molecular formula is C15H24N4O3S2. The molecule has 0 atom stereocenters. The van der Waals surface area contributed by atoms with Crippen molar-refractivity contribution >= 4 is 33.6 Å². The van der Waals surface area contributed by atoms with Crippen molar-refractivity contribution in [3.63, 3.8) is 0 Å². The zero-order valence-corrected chi connectivity index (χ0v) is 16.1. The molecule has 7 nitrogen and oxygen atoms in total. The van der Waals surface area contributed by atoms with Crippen LogP contribution >= 0.6 is 21.6 Å². The summed E-state index contributed by atoms with van der Waals surface area (Å²) < 4.78 is 5.13. The van der Waals surface area contributed by atoms with Gasteiger partial charge < -0.3 is 15.4 Å². The minimum atomic E-state index is -0.480. The third-order valence-electron chi connectivity index (χ3n) is 2.42. The molecule has 0 bridgehead atoms. The summed E-state index contributed by atoms with van der Waals surface area (Å²) >= 11 is 0. The van der Waals surface area contributed by atoms with E-state index in [0.29, 0.717) is 18.8 Å². The summed E-state index contributed by atoms with van der Waals surface area (Å²) in [5.41, 5.74) is 0.616. The SMILES string of the molecule is Cc1cnc(C(=O)NCCSSCCNC(=O)OC(C)(C)C)cn1. The predicted molar refractivity (Wildman–Crippen MR) is 98.3 cm³/mol. The first-order chi connectivity index (χ1) is 11.3. The molecule has 0 aliphatic rings. The monoisotopic (exact) mass is 372 g/mol. The van der Waals surface area contributed by atoms with Crippen LogP contribution in [-0.2, 0) is 4.74 Å². The lowest BCUT2D eigenvalue weighted by Crippen LogP contribution is -2.33. The number of hydrogen-bond acceptors (Lipinski definition) is 7.